The lowest BCUT2D eigenvalue weighted by Crippen LogP contribution is -2.23. The molecule has 0 fully saturated rings. The van der Waals surface area contributed by atoms with Crippen molar-refractivity contribution in [1.82, 2.24) is 14.8 Å². The zero-order valence-electron chi connectivity index (χ0n) is 10.7. The van der Waals surface area contributed by atoms with Crippen molar-refractivity contribution in [2.24, 2.45) is 7.05 Å². The van der Waals surface area contributed by atoms with Gasteiger partial charge in [0.2, 0.25) is 5.91 Å². The summed E-state index contributed by atoms with van der Waals surface area (Å²) in [4.78, 5) is 16.1. The molecular formula is C12H15N5OS. The van der Waals surface area contributed by atoms with Gasteiger partial charge in [-0.1, -0.05) is 23.9 Å². The first kappa shape index (κ1) is 13.4. The molecular weight excluding hydrogens is 262 g/mol. The Morgan fingerprint density at radius 3 is 2.84 bits per heavy atom. The number of anilines is 2. The Kier molecular flexibility index (Phi) is 4.06. The van der Waals surface area contributed by atoms with Gasteiger partial charge < -0.3 is 11.1 Å². The van der Waals surface area contributed by atoms with E-state index in [-0.39, 0.29) is 11.2 Å². The fraction of sp³-hybridized carbons (Fsp3) is 0.250. The quantitative estimate of drug-likeness (QED) is 0.653. The van der Waals surface area contributed by atoms with Crippen LogP contribution in [0.25, 0.3) is 0 Å². The van der Waals surface area contributed by atoms with Crippen molar-refractivity contribution >= 4 is 29.0 Å². The number of aryl methyl sites for hydroxylation is 1. The van der Waals surface area contributed by atoms with Gasteiger partial charge in [0.05, 0.1) is 16.6 Å². The summed E-state index contributed by atoms with van der Waals surface area (Å²) in [6.07, 6.45) is 1.46. The van der Waals surface area contributed by atoms with Crippen LogP contribution in [0, 0.1) is 0 Å². The van der Waals surface area contributed by atoms with Crippen LogP contribution >= 0.6 is 11.8 Å². The summed E-state index contributed by atoms with van der Waals surface area (Å²) in [6, 6.07) is 7.16. The number of aromatic nitrogens is 3. The van der Waals surface area contributed by atoms with Crippen molar-refractivity contribution in [2.45, 2.75) is 17.3 Å². The highest BCUT2D eigenvalue weighted by Crippen LogP contribution is 2.23. The summed E-state index contributed by atoms with van der Waals surface area (Å²) >= 11 is 1.35. The number of carbonyl (C=O) groups is 1. The molecule has 1 aromatic heterocycles. The molecule has 0 saturated carbocycles. The van der Waals surface area contributed by atoms with Gasteiger partial charge in [0.1, 0.15) is 6.33 Å². The molecule has 0 aliphatic carbocycles. The van der Waals surface area contributed by atoms with Gasteiger partial charge in [0.15, 0.2) is 5.16 Å². The first-order valence-electron chi connectivity index (χ1n) is 5.74. The number of nitrogens with zero attached hydrogens (tertiary/aromatic N) is 3. The lowest BCUT2D eigenvalue weighted by atomic mass is 10.2. The number of carbonyl (C=O) groups excluding carboxylic acids is 1. The molecule has 0 spiro atoms. The molecule has 0 aliphatic heterocycles. The van der Waals surface area contributed by atoms with E-state index in [1.165, 1.54) is 18.1 Å². The average Bonchev–Trinajstić information content (AvgIpc) is 2.78. The van der Waals surface area contributed by atoms with Crippen LogP contribution in [0.5, 0.6) is 0 Å². The van der Waals surface area contributed by atoms with Crippen molar-refractivity contribution in [3.8, 4) is 0 Å². The molecule has 7 heteroatoms. The number of hydrogen-bond donors (Lipinski definition) is 2. The predicted octanol–water partition coefficient (Wildman–Crippen LogP) is 1.52. The Labute approximate surface area is 115 Å². The summed E-state index contributed by atoms with van der Waals surface area (Å²) in [6.45, 7) is 1.81. The van der Waals surface area contributed by atoms with Crippen molar-refractivity contribution in [3.63, 3.8) is 0 Å². The first-order valence-corrected chi connectivity index (χ1v) is 6.62. The molecule has 1 amide bonds. The van der Waals surface area contributed by atoms with Crippen LogP contribution in [0.3, 0.4) is 0 Å². The lowest BCUT2D eigenvalue weighted by Gasteiger charge is -2.12. The topological polar surface area (TPSA) is 85.8 Å². The number of hydrogen-bond acceptors (Lipinski definition) is 5. The molecule has 2 rings (SSSR count). The Hall–Kier alpha value is -2.02. The number of nitrogen functional groups attached to an aromatic ring is 1. The van der Waals surface area contributed by atoms with Crippen molar-refractivity contribution in [2.75, 3.05) is 11.1 Å². The van der Waals surface area contributed by atoms with Crippen molar-refractivity contribution < 1.29 is 4.79 Å². The smallest absolute Gasteiger partial charge is 0.237 e. The van der Waals surface area contributed by atoms with E-state index in [1.54, 1.807) is 23.9 Å². The minimum atomic E-state index is -0.289. The third kappa shape index (κ3) is 3.25. The minimum absolute atomic E-state index is 0.120. The van der Waals surface area contributed by atoms with E-state index in [4.69, 9.17) is 5.73 Å². The van der Waals surface area contributed by atoms with Gasteiger partial charge in [-0.25, -0.2) is 9.67 Å². The number of rotatable bonds is 4. The molecule has 1 aromatic carbocycles. The second kappa shape index (κ2) is 5.75. The summed E-state index contributed by atoms with van der Waals surface area (Å²) in [7, 11) is 1.79. The van der Waals surface area contributed by atoms with E-state index in [2.05, 4.69) is 15.4 Å². The third-order valence-electron chi connectivity index (χ3n) is 2.54. The van der Waals surface area contributed by atoms with Gasteiger partial charge in [-0.15, -0.1) is 0 Å². The molecule has 6 nitrogen and oxygen atoms in total. The monoisotopic (exact) mass is 277 g/mol. The van der Waals surface area contributed by atoms with Crippen LogP contribution in [0.15, 0.2) is 35.7 Å². The molecule has 19 heavy (non-hydrogen) atoms. The maximum atomic E-state index is 12.1. The molecule has 2 aromatic rings. The summed E-state index contributed by atoms with van der Waals surface area (Å²) in [5.41, 5.74) is 6.95. The van der Waals surface area contributed by atoms with Crippen LogP contribution in [-0.2, 0) is 11.8 Å². The van der Waals surface area contributed by atoms with Gasteiger partial charge in [0, 0.05) is 7.05 Å². The molecule has 100 valence electrons. The normalized spacial score (nSPS) is 12.1. The molecule has 0 aliphatic rings. The molecule has 0 bridgehead atoms. The van der Waals surface area contributed by atoms with Crippen LogP contribution in [0.1, 0.15) is 6.92 Å². The second-order valence-electron chi connectivity index (χ2n) is 4.00. The van der Waals surface area contributed by atoms with E-state index < -0.39 is 0 Å². The number of para-hydroxylation sites is 2. The zero-order chi connectivity index (χ0) is 13.8. The van der Waals surface area contributed by atoms with Crippen molar-refractivity contribution in [3.05, 3.63) is 30.6 Å². The first-order chi connectivity index (χ1) is 9.08. The Morgan fingerprint density at radius 1 is 1.47 bits per heavy atom. The maximum absolute atomic E-state index is 12.1. The molecule has 1 unspecified atom stereocenters. The number of amides is 1. The molecule has 0 saturated heterocycles. The highest BCUT2D eigenvalue weighted by Gasteiger charge is 2.17. The van der Waals surface area contributed by atoms with Gasteiger partial charge in [-0.05, 0) is 19.1 Å². The van der Waals surface area contributed by atoms with Crippen molar-refractivity contribution in [1.29, 1.82) is 0 Å². The van der Waals surface area contributed by atoms with Crippen LogP contribution in [-0.4, -0.2) is 25.9 Å². The van der Waals surface area contributed by atoms with E-state index in [1.807, 2.05) is 19.1 Å². The summed E-state index contributed by atoms with van der Waals surface area (Å²) in [5.74, 6) is -0.120. The van der Waals surface area contributed by atoms with Gasteiger partial charge in [-0.3, -0.25) is 4.79 Å². The Bertz CT molecular complexity index is 583. The Balaban J connectivity index is 2.00. The summed E-state index contributed by atoms with van der Waals surface area (Å²) in [5, 5.41) is 7.17. The average molecular weight is 277 g/mol. The van der Waals surface area contributed by atoms with E-state index in [0.717, 1.165) is 0 Å². The van der Waals surface area contributed by atoms with Gasteiger partial charge in [0.25, 0.3) is 0 Å². The Morgan fingerprint density at radius 2 is 2.21 bits per heavy atom. The molecule has 3 N–H and O–H groups in total. The number of benzene rings is 1. The fourth-order valence-electron chi connectivity index (χ4n) is 1.45. The maximum Gasteiger partial charge on any atom is 0.237 e. The highest BCUT2D eigenvalue weighted by atomic mass is 32.2. The zero-order valence-corrected chi connectivity index (χ0v) is 11.5. The van der Waals surface area contributed by atoms with E-state index in [9.17, 15) is 4.79 Å². The fourth-order valence-corrected chi connectivity index (χ4v) is 2.24. The van der Waals surface area contributed by atoms with Gasteiger partial charge in [-0.2, -0.15) is 5.10 Å². The third-order valence-corrected chi connectivity index (χ3v) is 3.69. The molecule has 0 radical (unpaired) electrons. The number of nitrogens with two attached hydrogens (primary N) is 1. The minimum Gasteiger partial charge on any atom is -0.397 e. The summed E-state index contributed by atoms with van der Waals surface area (Å²) < 4.78 is 1.63. The standard InChI is InChI=1S/C12H15N5OS/c1-8(19-12-14-7-15-17(12)2)11(18)16-10-6-4-3-5-9(10)13/h3-8H,13H2,1-2H3,(H,16,18). The van der Waals surface area contributed by atoms with E-state index in [0.29, 0.717) is 16.5 Å². The number of thioether (sulfide) groups is 1. The van der Waals surface area contributed by atoms with Gasteiger partial charge >= 0.3 is 0 Å². The van der Waals surface area contributed by atoms with Crippen LogP contribution in [0.2, 0.25) is 0 Å². The highest BCUT2D eigenvalue weighted by molar-refractivity contribution is 8.00. The predicted molar refractivity (Wildman–Crippen MR) is 75.8 cm³/mol. The number of nitrogens with one attached hydrogen (secondary N) is 1. The lowest BCUT2D eigenvalue weighted by molar-refractivity contribution is -0.115. The largest absolute Gasteiger partial charge is 0.397 e. The van der Waals surface area contributed by atoms with Crippen LogP contribution in [0.4, 0.5) is 11.4 Å². The van der Waals surface area contributed by atoms with Crippen LogP contribution < -0.4 is 11.1 Å². The second-order valence-corrected chi connectivity index (χ2v) is 5.31. The molecule has 1 atom stereocenters. The SMILES string of the molecule is CC(Sc1ncnn1C)C(=O)Nc1ccccc1N. The molecule has 1 heterocycles. The van der Waals surface area contributed by atoms with E-state index >= 15 is 0 Å².